The monoisotopic (exact) mass is 333 g/mol. The van der Waals surface area contributed by atoms with E-state index in [1.54, 1.807) is 6.07 Å². The Morgan fingerprint density at radius 1 is 1.12 bits per heavy atom. The Balaban J connectivity index is 1.72. The van der Waals surface area contributed by atoms with Gasteiger partial charge in [-0.2, -0.15) is 0 Å². The van der Waals surface area contributed by atoms with Crippen molar-refractivity contribution in [2.45, 2.75) is 51.0 Å². The molecule has 0 aromatic heterocycles. The second kappa shape index (κ2) is 7.32. The molecule has 2 fully saturated rings. The highest BCUT2D eigenvalue weighted by atomic mass is 19.1. The number of hydrogen-bond donors (Lipinski definition) is 2. The normalized spacial score (nSPS) is 25.5. The first kappa shape index (κ1) is 16.9. The van der Waals surface area contributed by atoms with Crippen LogP contribution in [0.4, 0.5) is 4.39 Å². The van der Waals surface area contributed by atoms with Crippen LogP contribution in [0.3, 0.4) is 0 Å². The number of rotatable bonds is 5. The molecule has 0 saturated heterocycles. The van der Waals surface area contributed by atoms with Gasteiger partial charge >= 0.3 is 5.97 Å². The summed E-state index contributed by atoms with van der Waals surface area (Å²) >= 11 is 0. The number of hydrogen-bond acceptors (Lipinski definition) is 2. The summed E-state index contributed by atoms with van der Waals surface area (Å²) in [5.41, 5.74) is 0.808. The number of carbonyl (C=O) groups excluding carboxylic acids is 1. The Kier molecular flexibility index (Phi) is 5.17. The quantitative estimate of drug-likeness (QED) is 0.864. The molecule has 1 amide bonds. The molecular weight excluding hydrogens is 309 g/mol. The van der Waals surface area contributed by atoms with Crippen molar-refractivity contribution in [3.8, 4) is 0 Å². The minimum Gasteiger partial charge on any atom is -0.481 e. The van der Waals surface area contributed by atoms with E-state index in [2.05, 4.69) is 5.32 Å². The third-order valence-corrected chi connectivity index (χ3v) is 5.53. The van der Waals surface area contributed by atoms with E-state index in [1.807, 2.05) is 6.07 Å². The van der Waals surface area contributed by atoms with Gasteiger partial charge in [-0.05, 0) is 55.7 Å². The second-order valence-corrected chi connectivity index (χ2v) is 7.13. The molecule has 0 radical (unpaired) electrons. The van der Waals surface area contributed by atoms with Crippen molar-refractivity contribution in [2.24, 2.45) is 17.8 Å². The van der Waals surface area contributed by atoms with E-state index in [-0.39, 0.29) is 23.7 Å². The molecule has 3 atom stereocenters. The van der Waals surface area contributed by atoms with Crippen molar-refractivity contribution in [2.75, 3.05) is 0 Å². The fourth-order valence-corrected chi connectivity index (χ4v) is 4.18. The molecule has 2 N–H and O–H groups in total. The van der Waals surface area contributed by atoms with E-state index in [0.717, 1.165) is 31.2 Å². The van der Waals surface area contributed by atoms with Crippen molar-refractivity contribution >= 4 is 11.9 Å². The molecule has 1 aromatic rings. The van der Waals surface area contributed by atoms with Crippen LogP contribution < -0.4 is 5.32 Å². The number of halogens is 1. The van der Waals surface area contributed by atoms with Crippen molar-refractivity contribution < 1.29 is 19.1 Å². The molecule has 0 heterocycles. The minimum absolute atomic E-state index is 0.0834. The van der Waals surface area contributed by atoms with Crippen LogP contribution in [0.5, 0.6) is 0 Å². The van der Waals surface area contributed by atoms with Gasteiger partial charge in [0.2, 0.25) is 5.91 Å². The Morgan fingerprint density at radius 3 is 2.46 bits per heavy atom. The molecule has 2 aliphatic rings. The predicted molar refractivity (Wildman–Crippen MR) is 87.7 cm³/mol. The summed E-state index contributed by atoms with van der Waals surface area (Å²) in [7, 11) is 0. The zero-order chi connectivity index (χ0) is 17.1. The summed E-state index contributed by atoms with van der Waals surface area (Å²) in [5, 5.41) is 12.2. The molecule has 2 aliphatic carbocycles. The summed E-state index contributed by atoms with van der Waals surface area (Å²) in [5.74, 6) is -1.53. The van der Waals surface area contributed by atoms with Crippen LogP contribution in [0.25, 0.3) is 0 Å². The number of nitrogens with one attached hydrogen (secondary N) is 1. The molecule has 0 bridgehead atoms. The fourth-order valence-electron chi connectivity index (χ4n) is 4.18. The Hall–Kier alpha value is -1.91. The number of carboxylic acid groups (broad SMARTS) is 1. The molecule has 2 saturated carbocycles. The van der Waals surface area contributed by atoms with Gasteiger partial charge in [0.15, 0.2) is 0 Å². The number of carbonyl (C=O) groups is 2. The average Bonchev–Trinajstić information content (AvgIpc) is 3.23. The first-order valence-electron chi connectivity index (χ1n) is 8.83. The van der Waals surface area contributed by atoms with E-state index >= 15 is 0 Å². The molecule has 1 unspecified atom stereocenters. The van der Waals surface area contributed by atoms with Crippen molar-refractivity contribution in [1.29, 1.82) is 0 Å². The maximum absolute atomic E-state index is 13.6. The molecule has 0 spiro atoms. The largest absolute Gasteiger partial charge is 0.481 e. The highest BCUT2D eigenvalue weighted by Crippen LogP contribution is 2.37. The first-order chi connectivity index (χ1) is 11.5. The van der Waals surface area contributed by atoms with Crippen LogP contribution in [0.15, 0.2) is 24.3 Å². The van der Waals surface area contributed by atoms with E-state index in [9.17, 15) is 14.0 Å². The SMILES string of the molecule is O=C(O)[C@@H]1CC[C@H](C(=O)NC(c2cccc(F)c2)C2CCCC2)C1. The van der Waals surface area contributed by atoms with Crippen LogP contribution in [-0.4, -0.2) is 17.0 Å². The lowest BCUT2D eigenvalue weighted by Gasteiger charge is -2.27. The fraction of sp³-hybridized carbons (Fsp3) is 0.579. The number of benzene rings is 1. The molecule has 130 valence electrons. The van der Waals surface area contributed by atoms with Crippen LogP contribution in [0, 0.1) is 23.6 Å². The molecule has 5 heteroatoms. The summed E-state index contributed by atoms with van der Waals surface area (Å²) in [6, 6.07) is 6.26. The summed E-state index contributed by atoms with van der Waals surface area (Å²) in [6.45, 7) is 0. The molecule has 4 nitrogen and oxygen atoms in total. The van der Waals surface area contributed by atoms with Crippen LogP contribution in [0.2, 0.25) is 0 Å². The van der Waals surface area contributed by atoms with Crippen LogP contribution in [-0.2, 0) is 9.59 Å². The van der Waals surface area contributed by atoms with Gasteiger partial charge in [-0.15, -0.1) is 0 Å². The van der Waals surface area contributed by atoms with Crippen molar-refractivity contribution in [1.82, 2.24) is 5.32 Å². The second-order valence-electron chi connectivity index (χ2n) is 7.13. The third-order valence-electron chi connectivity index (χ3n) is 5.53. The first-order valence-corrected chi connectivity index (χ1v) is 8.83. The Morgan fingerprint density at radius 2 is 1.83 bits per heavy atom. The van der Waals surface area contributed by atoms with Gasteiger partial charge in [0, 0.05) is 5.92 Å². The summed E-state index contributed by atoms with van der Waals surface area (Å²) < 4.78 is 13.6. The van der Waals surface area contributed by atoms with Gasteiger partial charge in [0.05, 0.1) is 12.0 Å². The maximum Gasteiger partial charge on any atom is 0.306 e. The van der Waals surface area contributed by atoms with Gasteiger partial charge in [-0.3, -0.25) is 9.59 Å². The lowest BCUT2D eigenvalue weighted by atomic mass is 9.90. The summed E-state index contributed by atoms with van der Waals surface area (Å²) in [4.78, 5) is 23.7. The van der Waals surface area contributed by atoms with Gasteiger partial charge in [-0.1, -0.05) is 25.0 Å². The maximum atomic E-state index is 13.6. The minimum atomic E-state index is -0.817. The van der Waals surface area contributed by atoms with Crippen LogP contribution in [0.1, 0.15) is 56.6 Å². The molecular formula is C19H24FNO3. The number of aliphatic carboxylic acids is 1. The standard InChI is InChI=1S/C19H24FNO3/c20-16-7-3-6-13(11-16)17(12-4-1-2-5-12)21-18(22)14-8-9-15(10-14)19(23)24/h3,6-7,11-12,14-15,17H,1-2,4-5,8-10H2,(H,21,22)(H,23,24)/t14-,15+,17?/m0/s1. The van der Waals surface area contributed by atoms with Crippen molar-refractivity contribution in [3.05, 3.63) is 35.6 Å². The molecule has 1 aromatic carbocycles. The average molecular weight is 333 g/mol. The van der Waals surface area contributed by atoms with Gasteiger partial charge in [-0.25, -0.2) is 4.39 Å². The van der Waals surface area contributed by atoms with Crippen molar-refractivity contribution in [3.63, 3.8) is 0 Å². The number of amides is 1. The lowest BCUT2D eigenvalue weighted by Crippen LogP contribution is -2.36. The molecule has 24 heavy (non-hydrogen) atoms. The van der Waals surface area contributed by atoms with Crippen LogP contribution >= 0.6 is 0 Å². The Labute approximate surface area is 141 Å². The predicted octanol–water partition coefficient (Wildman–Crippen LogP) is 3.67. The zero-order valence-corrected chi connectivity index (χ0v) is 13.7. The third kappa shape index (κ3) is 3.77. The topological polar surface area (TPSA) is 66.4 Å². The number of carboxylic acids is 1. The van der Waals surface area contributed by atoms with E-state index in [4.69, 9.17) is 5.11 Å². The molecule has 3 rings (SSSR count). The van der Waals surface area contributed by atoms with E-state index in [1.165, 1.54) is 12.1 Å². The van der Waals surface area contributed by atoms with Gasteiger partial charge < -0.3 is 10.4 Å². The highest BCUT2D eigenvalue weighted by molar-refractivity contribution is 5.81. The smallest absolute Gasteiger partial charge is 0.306 e. The van der Waals surface area contributed by atoms with Gasteiger partial charge in [0.25, 0.3) is 0 Å². The zero-order valence-electron chi connectivity index (χ0n) is 13.7. The van der Waals surface area contributed by atoms with E-state index < -0.39 is 11.9 Å². The highest BCUT2D eigenvalue weighted by Gasteiger charge is 2.36. The Bertz CT molecular complexity index is 612. The molecule has 0 aliphatic heterocycles. The van der Waals surface area contributed by atoms with Gasteiger partial charge in [0.1, 0.15) is 5.82 Å². The van der Waals surface area contributed by atoms with E-state index in [0.29, 0.717) is 25.2 Å². The lowest BCUT2D eigenvalue weighted by molar-refractivity contribution is -0.141. The summed E-state index contributed by atoms with van der Waals surface area (Å²) in [6.07, 6.45) is 5.91.